The summed E-state index contributed by atoms with van der Waals surface area (Å²) >= 11 is 1.69. The number of methoxy groups -OCH3 is 1. The van der Waals surface area contributed by atoms with Crippen LogP contribution in [0.1, 0.15) is 13.8 Å². The molecule has 6 heteroatoms. The third-order valence-corrected chi connectivity index (χ3v) is 3.34. The minimum Gasteiger partial charge on any atom is -0.467 e. The first-order valence-corrected chi connectivity index (χ1v) is 5.85. The van der Waals surface area contributed by atoms with Crippen LogP contribution in [0.25, 0.3) is 0 Å². The van der Waals surface area contributed by atoms with Crippen molar-refractivity contribution in [2.24, 2.45) is 0 Å². The molecule has 1 amide bonds. The molecule has 1 rings (SSSR count). The molecule has 0 aromatic heterocycles. The number of carbonyl (C=O) groups is 2. The zero-order chi connectivity index (χ0) is 11.4. The van der Waals surface area contributed by atoms with Crippen molar-refractivity contribution < 1.29 is 14.3 Å². The second-order valence-corrected chi connectivity index (χ2v) is 4.82. The molecule has 2 unspecified atom stereocenters. The zero-order valence-electron chi connectivity index (χ0n) is 9.07. The quantitative estimate of drug-likeness (QED) is 0.655. The van der Waals surface area contributed by atoms with Gasteiger partial charge in [-0.2, -0.15) is 0 Å². The van der Waals surface area contributed by atoms with Crippen molar-refractivity contribution in [1.29, 1.82) is 0 Å². The van der Waals surface area contributed by atoms with E-state index in [2.05, 4.69) is 15.4 Å². The Labute approximate surface area is 93.3 Å². The van der Waals surface area contributed by atoms with Gasteiger partial charge in [0.1, 0.15) is 6.04 Å². The summed E-state index contributed by atoms with van der Waals surface area (Å²) in [6.07, 6.45) is 0. The van der Waals surface area contributed by atoms with Crippen LogP contribution in [0.5, 0.6) is 0 Å². The smallest absolute Gasteiger partial charge is 0.328 e. The molecule has 0 saturated carbocycles. The predicted octanol–water partition coefficient (Wildman–Crippen LogP) is -0.285. The van der Waals surface area contributed by atoms with Crippen LogP contribution in [0.4, 0.5) is 0 Å². The molecule has 1 saturated heterocycles. The maximum atomic E-state index is 11.6. The lowest BCUT2D eigenvalue weighted by atomic mass is 10.2. The molecular formula is C9H16N2O3S. The van der Waals surface area contributed by atoms with Crippen molar-refractivity contribution in [2.45, 2.75) is 31.3 Å². The third-order valence-electron chi connectivity index (χ3n) is 2.18. The van der Waals surface area contributed by atoms with Crippen LogP contribution in [0.15, 0.2) is 0 Å². The van der Waals surface area contributed by atoms with Gasteiger partial charge in [-0.15, -0.1) is 11.8 Å². The summed E-state index contributed by atoms with van der Waals surface area (Å²) < 4.78 is 4.52. The predicted molar refractivity (Wildman–Crippen MR) is 58.5 cm³/mol. The Morgan fingerprint density at radius 1 is 1.60 bits per heavy atom. The van der Waals surface area contributed by atoms with E-state index >= 15 is 0 Å². The molecule has 0 aromatic rings. The van der Waals surface area contributed by atoms with E-state index in [0.717, 1.165) is 5.75 Å². The van der Waals surface area contributed by atoms with Gasteiger partial charge in [-0.05, 0) is 13.8 Å². The van der Waals surface area contributed by atoms with Crippen molar-refractivity contribution in [3.63, 3.8) is 0 Å². The van der Waals surface area contributed by atoms with Gasteiger partial charge in [0.25, 0.3) is 0 Å². The Hall–Kier alpha value is -0.750. The third kappa shape index (κ3) is 3.39. The summed E-state index contributed by atoms with van der Waals surface area (Å²) in [7, 11) is 1.30. The van der Waals surface area contributed by atoms with E-state index in [1.807, 2.05) is 6.92 Å². The second kappa shape index (κ2) is 5.37. The number of thioether (sulfide) groups is 1. The number of carbonyl (C=O) groups excluding carboxylic acids is 2. The molecule has 3 atom stereocenters. The lowest BCUT2D eigenvalue weighted by Gasteiger charge is -2.15. The summed E-state index contributed by atoms with van der Waals surface area (Å²) in [4.78, 5) is 22.7. The monoisotopic (exact) mass is 232 g/mol. The number of hydrogen-bond acceptors (Lipinski definition) is 5. The van der Waals surface area contributed by atoms with Gasteiger partial charge in [-0.25, -0.2) is 4.79 Å². The van der Waals surface area contributed by atoms with Crippen molar-refractivity contribution >= 4 is 23.6 Å². The highest BCUT2D eigenvalue weighted by Gasteiger charge is 2.28. The van der Waals surface area contributed by atoms with Gasteiger partial charge in [0.15, 0.2) is 0 Å². The first-order valence-electron chi connectivity index (χ1n) is 4.80. The van der Waals surface area contributed by atoms with E-state index in [9.17, 15) is 9.59 Å². The number of esters is 1. The molecule has 1 aliphatic rings. The molecule has 0 aromatic carbocycles. The molecule has 15 heavy (non-hydrogen) atoms. The van der Waals surface area contributed by atoms with Gasteiger partial charge in [-0.1, -0.05) is 0 Å². The molecule has 0 aliphatic carbocycles. The fourth-order valence-corrected chi connectivity index (χ4v) is 2.31. The fourth-order valence-electron chi connectivity index (χ4n) is 1.32. The van der Waals surface area contributed by atoms with Crippen molar-refractivity contribution in [3.8, 4) is 0 Å². The summed E-state index contributed by atoms with van der Waals surface area (Å²) in [5.41, 5.74) is 0. The Morgan fingerprint density at radius 2 is 2.27 bits per heavy atom. The Morgan fingerprint density at radius 3 is 2.73 bits per heavy atom. The van der Waals surface area contributed by atoms with Crippen LogP contribution in [-0.4, -0.2) is 42.2 Å². The van der Waals surface area contributed by atoms with Crippen molar-refractivity contribution in [1.82, 2.24) is 10.6 Å². The highest BCUT2D eigenvalue weighted by molar-refractivity contribution is 8.00. The molecule has 2 N–H and O–H groups in total. The summed E-state index contributed by atoms with van der Waals surface area (Å²) in [6, 6.07) is -0.803. The number of nitrogens with one attached hydrogen (secondary N) is 2. The highest BCUT2D eigenvalue weighted by Crippen LogP contribution is 2.17. The van der Waals surface area contributed by atoms with Gasteiger partial charge in [0, 0.05) is 5.75 Å². The summed E-state index contributed by atoms with van der Waals surface area (Å²) in [5.74, 6) is 0.160. The van der Waals surface area contributed by atoms with E-state index < -0.39 is 12.0 Å². The maximum absolute atomic E-state index is 11.6. The van der Waals surface area contributed by atoms with E-state index in [4.69, 9.17) is 0 Å². The largest absolute Gasteiger partial charge is 0.467 e. The van der Waals surface area contributed by atoms with E-state index in [1.165, 1.54) is 7.11 Å². The zero-order valence-corrected chi connectivity index (χ0v) is 9.89. The van der Waals surface area contributed by atoms with Crippen molar-refractivity contribution in [3.05, 3.63) is 0 Å². The summed E-state index contributed by atoms with van der Waals surface area (Å²) in [5, 5.41) is 6.00. The first-order chi connectivity index (χ1) is 7.04. The van der Waals surface area contributed by atoms with E-state index in [-0.39, 0.29) is 17.3 Å². The Balaban J connectivity index is 2.38. The maximum Gasteiger partial charge on any atom is 0.328 e. The normalized spacial score (nSPS) is 27.1. The second-order valence-electron chi connectivity index (χ2n) is 3.45. The van der Waals surface area contributed by atoms with Crippen LogP contribution in [0.3, 0.4) is 0 Å². The Bertz CT molecular complexity index is 260. The summed E-state index contributed by atoms with van der Waals surface area (Å²) in [6.45, 7) is 3.61. The molecule has 1 heterocycles. The molecule has 5 nitrogen and oxygen atoms in total. The lowest BCUT2D eigenvalue weighted by Crippen LogP contribution is -2.49. The number of ether oxygens (including phenoxy) is 1. The van der Waals surface area contributed by atoms with Crippen LogP contribution in [0.2, 0.25) is 0 Å². The molecule has 1 aliphatic heterocycles. The van der Waals surface area contributed by atoms with Crippen LogP contribution in [-0.2, 0) is 14.3 Å². The van der Waals surface area contributed by atoms with Gasteiger partial charge in [-0.3, -0.25) is 10.1 Å². The topological polar surface area (TPSA) is 67.4 Å². The van der Waals surface area contributed by atoms with Gasteiger partial charge in [0.05, 0.1) is 18.5 Å². The van der Waals surface area contributed by atoms with Crippen LogP contribution >= 0.6 is 11.8 Å². The molecule has 86 valence electrons. The van der Waals surface area contributed by atoms with Gasteiger partial charge >= 0.3 is 5.97 Å². The standard InChI is InChI=1S/C9H16N2O3S/c1-5(9(13)14-3)10-8(12)7-4-15-6(2)11-7/h5-7,11H,4H2,1-3H3,(H,10,12)/t5-,6?,7?/m0/s1. The Kier molecular flexibility index (Phi) is 4.41. The number of rotatable bonds is 3. The molecule has 1 fully saturated rings. The minimum atomic E-state index is -0.592. The number of hydrogen-bond donors (Lipinski definition) is 2. The van der Waals surface area contributed by atoms with Crippen LogP contribution < -0.4 is 10.6 Å². The van der Waals surface area contributed by atoms with E-state index in [0.29, 0.717) is 0 Å². The fraction of sp³-hybridized carbons (Fsp3) is 0.778. The SMILES string of the molecule is COC(=O)[C@H](C)NC(=O)C1CSC(C)N1. The van der Waals surface area contributed by atoms with Gasteiger partial charge in [0.2, 0.25) is 5.91 Å². The first kappa shape index (κ1) is 12.3. The van der Waals surface area contributed by atoms with E-state index in [1.54, 1.807) is 18.7 Å². The lowest BCUT2D eigenvalue weighted by molar-refractivity contribution is -0.144. The van der Waals surface area contributed by atoms with Crippen LogP contribution in [0, 0.1) is 0 Å². The average Bonchev–Trinajstić information content (AvgIpc) is 2.63. The molecule has 0 bridgehead atoms. The molecular weight excluding hydrogens is 216 g/mol. The van der Waals surface area contributed by atoms with Crippen molar-refractivity contribution in [2.75, 3.05) is 12.9 Å². The highest BCUT2D eigenvalue weighted by atomic mass is 32.2. The minimum absolute atomic E-state index is 0.148. The molecule has 0 radical (unpaired) electrons. The number of amides is 1. The molecule has 0 spiro atoms. The average molecular weight is 232 g/mol. The van der Waals surface area contributed by atoms with Gasteiger partial charge < -0.3 is 10.1 Å².